The van der Waals surface area contributed by atoms with Crippen molar-refractivity contribution in [3.05, 3.63) is 75.0 Å². The van der Waals surface area contributed by atoms with Crippen LogP contribution in [0.25, 0.3) is 22.2 Å². The van der Waals surface area contributed by atoms with E-state index in [-0.39, 0.29) is 5.75 Å². The number of benzene rings is 3. The van der Waals surface area contributed by atoms with Gasteiger partial charge in [-0.15, -0.1) is 0 Å². The summed E-state index contributed by atoms with van der Waals surface area (Å²) in [6.45, 7) is 0. The standard InChI is InChI=1S/C19H12Cl2N4OS/c20-12-6-7-14(16(21)9-12)18-23-24-19(27)25(18)22-10-15-13-4-2-1-3-11(13)5-8-17(15)26/h1-10,26H,(H,24,27). The summed E-state index contributed by atoms with van der Waals surface area (Å²) in [6.07, 6.45) is 1.55. The average Bonchev–Trinajstić information content (AvgIpc) is 3.01. The molecule has 4 aromatic rings. The summed E-state index contributed by atoms with van der Waals surface area (Å²) in [5, 5.41) is 24.5. The van der Waals surface area contributed by atoms with Crippen molar-refractivity contribution in [2.75, 3.05) is 0 Å². The summed E-state index contributed by atoms with van der Waals surface area (Å²) in [5.74, 6) is 0.566. The van der Waals surface area contributed by atoms with Crippen molar-refractivity contribution in [1.29, 1.82) is 0 Å². The third kappa shape index (κ3) is 3.35. The van der Waals surface area contributed by atoms with Crippen LogP contribution in [-0.2, 0) is 0 Å². The van der Waals surface area contributed by atoms with Gasteiger partial charge in [0.2, 0.25) is 4.77 Å². The van der Waals surface area contributed by atoms with E-state index in [1.165, 1.54) is 4.68 Å². The number of nitrogens with one attached hydrogen (secondary N) is 1. The molecule has 0 fully saturated rings. The van der Waals surface area contributed by atoms with Gasteiger partial charge in [0.1, 0.15) is 5.75 Å². The van der Waals surface area contributed by atoms with Crippen molar-refractivity contribution in [3.8, 4) is 17.1 Å². The van der Waals surface area contributed by atoms with Gasteiger partial charge in [-0.25, -0.2) is 5.10 Å². The van der Waals surface area contributed by atoms with E-state index in [0.717, 1.165) is 10.8 Å². The zero-order valence-corrected chi connectivity index (χ0v) is 16.1. The van der Waals surface area contributed by atoms with Crippen LogP contribution in [0.1, 0.15) is 5.56 Å². The predicted molar refractivity (Wildman–Crippen MR) is 111 cm³/mol. The van der Waals surface area contributed by atoms with E-state index >= 15 is 0 Å². The van der Waals surface area contributed by atoms with Gasteiger partial charge in [-0.05, 0) is 47.3 Å². The Bertz CT molecular complexity index is 1250. The molecule has 0 amide bonds. The van der Waals surface area contributed by atoms with Crippen molar-refractivity contribution < 1.29 is 5.11 Å². The van der Waals surface area contributed by atoms with Crippen LogP contribution < -0.4 is 0 Å². The van der Waals surface area contributed by atoms with Gasteiger partial charge >= 0.3 is 0 Å². The highest BCUT2D eigenvalue weighted by Crippen LogP contribution is 2.30. The van der Waals surface area contributed by atoms with Gasteiger partial charge in [0.05, 0.1) is 11.2 Å². The van der Waals surface area contributed by atoms with Crippen molar-refractivity contribution in [3.63, 3.8) is 0 Å². The van der Waals surface area contributed by atoms with Crippen LogP contribution in [0, 0.1) is 4.77 Å². The van der Waals surface area contributed by atoms with Crippen LogP contribution in [0.5, 0.6) is 5.75 Å². The Morgan fingerprint density at radius 1 is 1.11 bits per heavy atom. The molecule has 2 N–H and O–H groups in total. The number of phenols is 1. The fourth-order valence-corrected chi connectivity index (χ4v) is 3.45. The molecular weight excluding hydrogens is 403 g/mol. The number of H-pyrrole nitrogens is 1. The van der Waals surface area contributed by atoms with E-state index in [9.17, 15) is 5.11 Å². The molecule has 0 aliphatic heterocycles. The lowest BCUT2D eigenvalue weighted by Crippen LogP contribution is -1.96. The third-order valence-corrected chi connectivity index (χ3v) is 4.88. The molecule has 0 saturated carbocycles. The van der Waals surface area contributed by atoms with Crippen LogP contribution in [0.15, 0.2) is 59.7 Å². The Balaban J connectivity index is 1.84. The van der Waals surface area contributed by atoms with Crippen molar-refractivity contribution >= 4 is 52.4 Å². The molecule has 0 saturated heterocycles. The third-order valence-electron chi connectivity index (χ3n) is 4.07. The minimum absolute atomic E-state index is 0.124. The fraction of sp³-hybridized carbons (Fsp3) is 0. The second kappa shape index (κ2) is 7.15. The second-order valence-electron chi connectivity index (χ2n) is 5.75. The molecule has 0 atom stereocenters. The number of nitrogens with zero attached hydrogens (tertiary/aromatic N) is 3. The first-order valence-corrected chi connectivity index (χ1v) is 9.09. The highest BCUT2D eigenvalue weighted by atomic mass is 35.5. The Labute approximate surface area is 169 Å². The van der Waals surface area contributed by atoms with Gasteiger partial charge < -0.3 is 5.11 Å². The number of fused-ring (bicyclic) bond motifs is 1. The summed E-state index contributed by atoms with van der Waals surface area (Å²) in [7, 11) is 0. The largest absolute Gasteiger partial charge is 0.507 e. The first-order chi connectivity index (χ1) is 13.0. The maximum Gasteiger partial charge on any atom is 0.216 e. The molecule has 0 spiro atoms. The highest BCUT2D eigenvalue weighted by molar-refractivity contribution is 7.71. The summed E-state index contributed by atoms with van der Waals surface area (Å²) < 4.78 is 1.75. The number of hydrogen-bond acceptors (Lipinski definition) is 4. The lowest BCUT2D eigenvalue weighted by molar-refractivity contribution is 0.475. The monoisotopic (exact) mass is 414 g/mol. The average molecular weight is 415 g/mol. The van der Waals surface area contributed by atoms with Gasteiger partial charge in [0, 0.05) is 16.1 Å². The molecule has 0 radical (unpaired) electrons. The predicted octanol–water partition coefficient (Wildman–Crippen LogP) is 5.66. The molecular formula is C19H12Cl2N4OS. The SMILES string of the molecule is Oc1ccc2ccccc2c1C=Nn1c(-c2ccc(Cl)cc2Cl)n[nH]c1=S. The van der Waals surface area contributed by atoms with Crippen LogP contribution in [0.3, 0.4) is 0 Å². The van der Waals surface area contributed by atoms with E-state index in [1.807, 2.05) is 30.3 Å². The van der Waals surface area contributed by atoms with E-state index < -0.39 is 0 Å². The number of phenolic OH excluding ortho intramolecular Hbond substituents is 1. The van der Waals surface area contributed by atoms with E-state index in [2.05, 4.69) is 15.3 Å². The minimum Gasteiger partial charge on any atom is -0.507 e. The molecule has 4 rings (SSSR count). The molecule has 0 aliphatic rings. The summed E-state index contributed by atoms with van der Waals surface area (Å²) in [6, 6.07) is 16.3. The zero-order valence-electron chi connectivity index (χ0n) is 13.7. The molecule has 0 bridgehead atoms. The fourth-order valence-electron chi connectivity index (χ4n) is 2.78. The van der Waals surface area contributed by atoms with Crippen molar-refractivity contribution in [2.24, 2.45) is 5.10 Å². The van der Waals surface area contributed by atoms with Gasteiger partial charge in [-0.3, -0.25) is 0 Å². The molecule has 1 aromatic heterocycles. The summed E-state index contributed by atoms with van der Waals surface area (Å²) >= 11 is 17.5. The maximum atomic E-state index is 10.3. The number of aromatic hydroxyl groups is 1. The number of hydrogen-bond donors (Lipinski definition) is 2. The van der Waals surface area contributed by atoms with E-state index in [1.54, 1.807) is 30.5 Å². The van der Waals surface area contributed by atoms with E-state index in [4.69, 9.17) is 35.4 Å². The topological polar surface area (TPSA) is 66.2 Å². The molecule has 0 unspecified atom stereocenters. The van der Waals surface area contributed by atoms with Gasteiger partial charge in [-0.1, -0.05) is 53.5 Å². The van der Waals surface area contributed by atoms with Gasteiger partial charge in [-0.2, -0.15) is 14.9 Å². The number of aromatic amines is 1. The zero-order chi connectivity index (χ0) is 19.0. The quantitative estimate of drug-likeness (QED) is 0.335. The molecule has 3 aromatic carbocycles. The second-order valence-corrected chi connectivity index (χ2v) is 6.98. The Kier molecular flexibility index (Phi) is 4.70. The van der Waals surface area contributed by atoms with Gasteiger partial charge in [0.15, 0.2) is 5.82 Å². The van der Waals surface area contributed by atoms with Crippen LogP contribution in [0.2, 0.25) is 10.0 Å². The maximum absolute atomic E-state index is 10.3. The minimum atomic E-state index is 0.124. The lowest BCUT2D eigenvalue weighted by Gasteiger charge is -2.06. The summed E-state index contributed by atoms with van der Waals surface area (Å²) in [4.78, 5) is 0. The molecule has 1 heterocycles. The summed E-state index contributed by atoms with van der Waals surface area (Å²) in [5.41, 5.74) is 1.22. The van der Waals surface area contributed by atoms with E-state index in [0.29, 0.717) is 31.8 Å². The molecule has 8 heteroatoms. The smallest absolute Gasteiger partial charge is 0.216 e. The first-order valence-electron chi connectivity index (χ1n) is 7.92. The molecule has 134 valence electrons. The normalized spacial score (nSPS) is 11.5. The van der Waals surface area contributed by atoms with Crippen molar-refractivity contribution in [2.45, 2.75) is 0 Å². The van der Waals surface area contributed by atoms with Gasteiger partial charge in [0.25, 0.3) is 0 Å². The highest BCUT2D eigenvalue weighted by Gasteiger charge is 2.13. The Hall–Kier alpha value is -2.67. The Morgan fingerprint density at radius 3 is 2.74 bits per heavy atom. The van der Waals surface area contributed by atoms with Crippen LogP contribution >= 0.6 is 35.4 Å². The van der Waals surface area contributed by atoms with Crippen molar-refractivity contribution in [1.82, 2.24) is 14.9 Å². The molecule has 5 nitrogen and oxygen atoms in total. The number of halogens is 2. The van der Waals surface area contributed by atoms with Crippen LogP contribution in [0.4, 0.5) is 0 Å². The van der Waals surface area contributed by atoms with Crippen LogP contribution in [-0.4, -0.2) is 26.2 Å². The Morgan fingerprint density at radius 2 is 1.93 bits per heavy atom. The number of rotatable bonds is 3. The molecule has 27 heavy (non-hydrogen) atoms. The lowest BCUT2D eigenvalue weighted by atomic mass is 10.0. The molecule has 0 aliphatic carbocycles. The first kappa shape index (κ1) is 17.7. The number of aromatic nitrogens is 3.